The maximum absolute atomic E-state index is 10.9. The van der Waals surface area contributed by atoms with E-state index in [-0.39, 0.29) is 16.3 Å². The van der Waals surface area contributed by atoms with Crippen LogP contribution in [-0.4, -0.2) is 20.9 Å². The Balaban J connectivity index is 2.70. The lowest BCUT2D eigenvalue weighted by Crippen LogP contribution is -2.04. The predicted octanol–water partition coefficient (Wildman–Crippen LogP) is 2.75. The number of halogens is 2. The summed E-state index contributed by atoms with van der Waals surface area (Å²) < 4.78 is 1.15. The second-order valence-corrected chi connectivity index (χ2v) is 4.09. The highest BCUT2D eigenvalue weighted by molar-refractivity contribution is 6.43. The molecule has 1 aromatic carbocycles. The minimum atomic E-state index is -1.23. The second-order valence-electron chi connectivity index (χ2n) is 3.31. The lowest BCUT2D eigenvalue weighted by molar-refractivity contribution is 0.0696. The first-order valence-corrected chi connectivity index (χ1v) is 5.47. The van der Waals surface area contributed by atoms with Crippen LogP contribution in [0.4, 0.5) is 0 Å². The molecule has 7 heteroatoms. The Labute approximate surface area is 112 Å². The molecule has 0 radical (unpaired) electrons. The first-order valence-electron chi connectivity index (χ1n) is 4.72. The van der Waals surface area contributed by atoms with Crippen molar-refractivity contribution in [3.05, 3.63) is 45.7 Å². The molecule has 1 heterocycles. The average molecular weight is 282 g/mol. The van der Waals surface area contributed by atoms with Gasteiger partial charge in [-0.05, 0) is 12.1 Å². The number of carboxylic acid groups (broad SMARTS) is 1. The zero-order chi connectivity index (χ0) is 13.3. The van der Waals surface area contributed by atoms with Crippen LogP contribution in [0.1, 0.15) is 16.1 Å². The second kappa shape index (κ2) is 4.69. The SMILES string of the molecule is N#Cc1c(C(=O)O)cnn1-c1cccc(Cl)c1Cl. The fourth-order valence-electron chi connectivity index (χ4n) is 1.45. The molecule has 0 atom stereocenters. The number of aromatic nitrogens is 2. The Morgan fingerprint density at radius 2 is 2.17 bits per heavy atom. The highest BCUT2D eigenvalue weighted by atomic mass is 35.5. The Hall–Kier alpha value is -2.03. The topological polar surface area (TPSA) is 78.9 Å². The van der Waals surface area contributed by atoms with Gasteiger partial charge in [-0.15, -0.1) is 0 Å². The van der Waals surface area contributed by atoms with Crippen molar-refractivity contribution in [1.29, 1.82) is 5.26 Å². The van der Waals surface area contributed by atoms with Gasteiger partial charge in [-0.1, -0.05) is 29.3 Å². The zero-order valence-corrected chi connectivity index (χ0v) is 10.3. The third kappa shape index (κ3) is 1.92. The molecule has 90 valence electrons. The summed E-state index contributed by atoms with van der Waals surface area (Å²) in [5.41, 5.74) is 0.0634. The van der Waals surface area contributed by atoms with Gasteiger partial charge in [0.2, 0.25) is 0 Å². The van der Waals surface area contributed by atoms with E-state index < -0.39 is 5.97 Å². The maximum atomic E-state index is 10.9. The zero-order valence-electron chi connectivity index (χ0n) is 8.76. The Morgan fingerprint density at radius 1 is 1.44 bits per heavy atom. The molecule has 0 saturated carbocycles. The molecular weight excluding hydrogens is 277 g/mol. The van der Waals surface area contributed by atoms with E-state index in [1.54, 1.807) is 24.3 Å². The summed E-state index contributed by atoms with van der Waals surface area (Å²) >= 11 is 11.9. The number of nitriles is 1. The number of benzene rings is 1. The van der Waals surface area contributed by atoms with Crippen molar-refractivity contribution in [2.24, 2.45) is 0 Å². The van der Waals surface area contributed by atoms with E-state index in [1.807, 2.05) is 0 Å². The monoisotopic (exact) mass is 281 g/mol. The van der Waals surface area contributed by atoms with E-state index >= 15 is 0 Å². The highest BCUT2D eigenvalue weighted by Gasteiger charge is 2.19. The van der Waals surface area contributed by atoms with Crippen LogP contribution in [0.15, 0.2) is 24.4 Å². The molecule has 2 aromatic rings. The summed E-state index contributed by atoms with van der Waals surface area (Å²) in [6, 6.07) is 6.60. The normalized spacial score (nSPS) is 10.1. The van der Waals surface area contributed by atoms with Gasteiger partial charge in [0, 0.05) is 0 Å². The van der Waals surface area contributed by atoms with Crippen LogP contribution in [-0.2, 0) is 0 Å². The first kappa shape index (κ1) is 12.4. The van der Waals surface area contributed by atoms with E-state index in [9.17, 15) is 4.79 Å². The van der Waals surface area contributed by atoms with E-state index in [0.717, 1.165) is 10.9 Å². The molecular formula is C11H5Cl2N3O2. The molecule has 18 heavy (non-hydrogen) atoms. The maximum Gasteiger partial charge on any atom is 0.340 e. The van der Waals surface area contributed by atoms with Gasteiger partial charge < -0.3 is 5.11 Å². The number of carboxylic acids is 1. The van der Waals surface area contributed by atoms with Gasteiger partial charge in [-0.25, -0.2) is 9.48 Å². The molecule has 0 unspecified atom stereocenters. The minimum absolute atomic E-state index is 0.105. The standard InChI is InChI=1S/C11H5Cl2N3O2/c12-7-2-1-3-8(10(7)13)16-9(4-14)6(5-15-16)11(17)18/h1-3,5H,(H,17,18). The lowest BCUT2D eigenvalue weighted by Gasteiger charge is -2.06. The van der Waals surface area contributed by atoms with E-state index in [1.165, 1.54) is 0 Å². The third-order valence-electron chi connectivity index (χ3n) is 2.26. The van der Waals surface area contributed by atoms with Crippen molar-refractivity contribution < 1.29 is 9.90 Å². The van der Waals surface area contributed by atoms with Crippen LogP contribution in [0.5, 0.6) is 0 Å². The van der Waals surface area contributed by atoms with Gasteiger partial charge in [0.1, 0.15) is 11.6 Å². The number of hydrogen-bond donors (Lipinski definition) is 1. The summed E-state index contributed by atoms with van der Waals surface area (Å²) in [6.45, 7) is 0. The summed E-state index contributed by atoms with van der Waals surface area (Å²) in [6.07, 6.45) is 1.10. The van der Waals surface area contributed by atoms with Crippen molar-refractivity contribution in [3.8, 4) is 11.8 Å². The average Bonchev–Trinajstić information content (AvgIpc) is 2.76. The molecule has 0 fully saturated rings. The molecule has 1 aromatic heterocycles. The number of hydrogen-bond acceptors (Lipinski definition) is 3. The largest absolute Gasteiger partial charge is 0.478 e. The van der Waals surface area contributed by atoms with Crippen molar-refractivity contribution in [3.63, 3.8) is 0 Å². The van der Waals surface area contributed by atoms with Gasteiger partial charge >= 0.3 is 5.97 Å². The predicted molar refractivity (Wildman–Crippen MR) is 65.3 cm³/mol. The van der Waals surface area contributed by atoms with Crippen molar-refractivity contribution >= 4 is 29.2 Å². The van der Waals surface area contributed by atoms with Gasteiger partial charge in [0.15, 0.2) is 5.69 Å². The van der Waals surface area contributed by atoms with Gasteiger partial charge in [-0.2, -0.15) is 10.4 Å². The Kier molecular flexibility index (Phi) is 3.24. The van der Waals surface area contributed by atoms with Gasteiger partial charge in [0.05, 0.1) is 21.9 Å². The molecule has 0 spiro atoms. The van der Waals surface area contributed by atoms with Gasteiger partial charge in [0.25, 0.3) is 0 Å². The Bertz CT molecular complexity index is 673. The van der Waals surface area contributed by atoms with Crippen molar-refractivity contribution in [2.45, 2.75) is 0 Å². The molecule has 2 rings (SSSR count). The highest BCUT2D eigenvalue weighted by Crippen LogP contribution is 2.29. The third-order valence-corrected chi connectivity index (χ3v) is 3.07. The van der Waals surface area contributed by atoms with Crippen LogP contribution >= 0.6 is 23.2 Å². The summed E-state index contributed by atoms with van der Waals surface area (Å²) in [4.78, 5) is 10.9. The van der Waals surface area contributed by atoms with Crippen LogP contribution in [0, 0.1) is 11.3 Å². The van der Waals surface area contributed by atoms with Crippen molar-refractivity contribution in [1.82, 2.24) is 9.78 Å². The number of nitrogens with zero attached hydrogens (tertiary/aromatic N) is 3. The van der Waals surface area contributed by atoms with E-state index in [4.69, 9.17) is 33.6 Å². The quantitative estimate of drug-likeness (QED) is 0.918. The fourth-order valence-corrected chi connectivity index (χ4v) is 1.83. The summed E-state index contributed by atoms with van der Waals surface area (Å²) in [7, 11) is 0. The molecule has 0 bridgehead atoms. The van der Waals surface area contributed by atoms with Crippen LogP contribution in [0.2, 0.25) is 10.0 Å². The lowest BCUT2D eigenvalue weighted by atomic mass is 10.2. The number of carbonyl (C=O) groups is 1. The molecule has 0 aliphatic carbocycles. The fraction of sp³-hybridized carbons (Fsp3) is 0. The summed E-state index contributed by atoms with van der Waals surface area (Å²) in [5, 5.41) is 22.3. The molecule has 0 saturated heterocycles. The molecule has 0 amide bonds. The van der Waals surface area contributed by atoms with Crippen LogP contribution < -0.4 is 0 Å². The van der Waals surface area contributed by atoms with Crippen LogP contribution in [0.3, 0.4) is 0 Å². The minimum Gasteiger partial charge on any atom is -0.478 e. The van der Waals surface area contributed by atoms with E-state index in [2.05, 4.69) is 5.10 Å². The number of aromatic carboxylic acids is 1. The molecule has 1 N–H and O–H groups in total. The molecule has 0 aliphatic rings. The van der Waals surface area contributed by atoms with Crippen LogP contribution in [0.25, 0.3) is 5.69 Å². The molecule has 5 nitrogen and oxygen atoms in total. The smallest absolute Gasteiger partial charge is 0.340 e. The van der Waals surface area contributed by atoms with Crippen molar-refractivity contribution in [2.75, 3.05) is 0 Å². The summed E-state index contributed by atoms with van der Waals surface area (Å²) in [5.74, 6) is -1.23. The van der Waals surface area contributed by atoms with Gasteiger partial charge in [-0.3, -0.25) is 0 Å². The number of rotatable bonds is 2. The van der Waals surface area contributed by atoms with E-state index in [0.29, 0.717) is 10.7 Å². The first-order chi connectivity index (χ1) is 8.56. The Morgan fingerprint density at radius 3 is 2.78 bits per heavy atom. The molecule has 0 aliphatic heterocycles.